The molecule has 4 aromatic rings. The molecule has 4 rings (SSSR count). The Morgan fingerprint density at radius 1 is 0.535 bits per heavy atom. The van der Waals surface area contributed by atoms with Gasteiger partial charge < -0.3 is 36.7 Å². The summed E-state index contributed by atoms with van der Waals surface area (Å²) in [6.07, 6.45) is 11.3. The number of ether oxygens (including phenoxy) is 2. The fourth-order valence-electron chi connectivity index (χ4n) is 6.12. The monoisotopic (exact) mass is 664 g/mol. The molecule has 230 valence electrons. The molecule has 0 unspecified atom stereocenters. The molecule has 4 nitrogen and oxygen atoms in total. The van der Waals surface area contributed by atoms with E-state index in [1.54, 1.807) is 0 Å². The smallest absolute Gasteiger partial charge is 0.207 e. The SMILES string of the molecule is COc1c(O)c(C)c(CCCCCCCCCC[P+](c2ccccc2)(c2ccccc2)c2ccccc2)c(O)c1OC.[Br-]. The Morgan fingerprint density at radius 2 is 0.907 bits per heavy atom. The van der Waals surface area contributed by atoms with Crippen molar-refractivity contribution in [3.8, 4) is 23.0 Å². The number of aromatic hydroxyl groups is 2. The number of halogens is 1. The van der Waals surface area contributed by atoms with Crippen LogP contribution < -0.4 is 42.4 Å². The number of hydrogen-bond acceptors (Lipinski definition) is 4. The standard InChI is InChI=1S/C37H45O4P.BrH/c1-29-33(35(39)37(41-3)36(40-2)34(29)38)27-19-8-6-4-5-7-9-20-28-42(30-21-13-10-14-22-30,31-23-15-11-16-24-31)32-25-17-12-18-26-32;/h10-18,21-26H,4-9,19-20,27-28H2,1-3H3,(H-,38,39);1H. The first-order chi connectivity index (χ1) is 20.5. The molecule has 0 aliphatic heterocycles. The Bertz CT molecular complexity index is 1280. The molecular weight excluding hydrogens is 619 g/mol. The molecule has 2 N–H and O–H groups in total. The molecule has 0 aliphatic rings. The van der Waals surface area contributed by atoms with Crippen LogP contribution in [0.25, 0.3) is 0 Å². The highest BCUT2D eigenvalue weighted by Gasteiger charge is 2.44. The molecule has 0 aliphatic carbocycles. The fraction of sp³-hybridized carbons (Fsp3) is 0.351. The van der Waals surface area contributed by atoms with Crippen molar-refractivity contribution in [2.75, 3.05) is 20.4 Å². The van der Waals surface area contributed by atoms with Gasteiger partial charge in [-0.2, -0.15) is 0 Å². The van der Waals surface area contributed by atoms with Crippen LogP contribution in [0.2, 0.25) is 0 Å². The van der Waals surface area contributed by atoms with E-state index in [0.29, 0.717) is 12.0 Å². The summed E-state index contributed by atoms with van der Waals surface area (Å²) < 4.78 is 10.5. The summed E-state index contributed by atoms with van der Waals surface area (Å²) >= 11 is 0. The lowest BCUT2D eigenvalue weighted by atomic mass is 9.98. The number of benzene rings is 4. The van der Waals surface area contributed by atoms with Gasteiger partial charge in [0.2, 0.25) is 11.5 Å². The van der Waals surface area contributed by atoms with Gasteiger partial charge in [-0.05, 0) is 69.0 Å². The van der Waals surface area contributed by atoms with Crippen LogP contribution in [0, 0.1) is 6.92 Å². The van der Waals surface area contributed by atoms with Crippen LogP contribution in [-0.4, -0.2) is 30.6 Å². The molecule has 0 heterocycles. The van der Waals surface area contributed by atoms with Gasteiger partial charge in [-0.15, -0.1) is 0 Å². The fourth-order valence-corrected chi connectivity index (χ4v) is 10.5. The number of phenols is 2. The third kappa shape index (κ3) is 8.13. The Morgan fingerprint density at radius 3 is 1.33 bits per heavy atom. The minimum atomic E-state index is -1.73. The van der Waals surface area contributed by atoms with Crippen molar-refractivity contribution in [3.63, 3.8) is 0 Å². The highest BCUT2D eigenvalue weighted by atomic mass is 79.9. The van der Waals surface area contributed by atoms with E-state index in [1.807, 2.05) is 6.92 Å². The van der Waals surface area contributed by atoms with Crippen LogP contribution in [0.5, 0.6) is 23.0 Å². The number of unbranched alkanes of at least 4 members (excludes halogenated alkanes) is 7. The summed E-state index contributed by atoms with van der Waals surface area (Å²) in [6, 6.07) is 33.5. The van der Waals surface area contributed by atoms with Gasteiger partial charge in [0.05, 0.1) is 20.4 Å². The van der Waals surface area contributed by atoms with Gasteiger partial charge >= 0.3 is 0 Å². The molecule has 0 atom stereocenters. The minimum absolute atomic E-state index is 0. The molecule has 4 aromatic carbocycles. The van der Waals surface area contributed by atoms with E-state index in [1.165, 1.54) is 74.8 Å². The summed E-state index contributed by atoms with van der Waals surface area (Å²) in [4.78, 5) is 0. The number of phenolic OH excluding ortho intramolecular Hbond substituents is 2. The molecule has 0 amide bonds. The zero-order chi connectivity index (χ0) is 29.8. The number of methoxy groups -OCH3 is 2. The largest absolute Gasteiger partial charge is 1.00 e. The molecule has 0 aromatic heterocycles. The quantitative estimate of drug-likeness (QED) is 0.0996. The normalized spacial score (nSPS) is 11.1. The summed E-state index contributed by atoms with van der Waals surface area (Å²) in [7, 11) is 1.21. The maximum atomic E-state index is 10.7. The van der Waals surface area contributed by atoms with Gasteiger partial charge in [0.1, 0.15) is 23.2 Å². The van der Waals surface area contributed by atoms with Gasteiger partial charge in [0, 0.05) is 11.1 Å². The molecule has 43 heavy (non-hydrogen) atoms. The Balaban J connectivity index is 0.00000506. The molecule has 0 spiro atoms. The lowest BCUT2D eigenvalue weighted by Gasteiger charge is -2.27. The lowest BCUT2D eigenvalue weighted by molar-refractivity contribution is -0.0000107. The predicted molar refractivity (Wildman–Crippen MR) is 178 cm³/mol. The molecular formula is C37H46BrO4P. The first-order valence-electron chi connectivity index (χ1n) is 15.2. The Kier molecular flexibility index (Phi) is 13.9. The van der Waals surface area contributed by atoms with Crippen molar-refractivity contribution in [1.29, 1.82) is 0 Å². The van der Waals surface area contributed by atoms with Gasteiger partial charge in [0.15, 0.2) is 11.5 Å². The van der Waals surface area contributed by atoms with E-state index in [2.05, 4.69) is 91.0 Å². The summed E-state index contributed by atoms with van der Waals surface area (Å²) in [6.45, 7) is 1.82. The van der Waals surface area contributed by atoms with Crippen LogP contribution in [-0.2, 0) is 6.42 Å². The zero-order valence-corrected chi connectivity index (χ0v) is 28.2. The molecule has 6 heteroatoms. The second-order valence-electron chi connectivity index (χ2n) is 11.0. The van der Waals surface area contributed by atoms with Crippen LogP contribution >= 0.6 is 7.26 Å². The van der Waals surface area contributed by atoms with E-state index in [-0.39, 0.29) is 40.0 Å². The maximum Gasteiger partial charge on any atom is 0.207 e. The van der Waals surface area contributed by atoms with E-state index < -0.39 is 7.26 Å². The van der Waals surface area contributed by atoms with Crippen LogP contribution in [0.15, 0.2) is 91.0 Å². The van der Waals surface area contributed by atoms with Gasteiger partial charge in [-0.1, -0.05) is 86.7 Å². The van der Waals surface area contributed by atoms with Crippen molar-refractivity contribution in [1.82, 2.24) is 0 Å². The van der Waals surface area contributed by atoms with E-state index in [4.69, 9.17) is 9.47 Å². The van der Waals surface area contributed by atoms with E-state index >= 15 is 0 Å². The van der Waals surface area contributed by atoms with Gasteiger partial charge in [-0.3, -0.25) is 0 Å². The third-order valence-electron chi connectivity index (χ3n) is 8.40. The van der Waals surface area contributed by atoms with Crippen molar-refractivity contribution in [2.24, 2.45) is 0 Å². The highest BCUT2D eigenvalue weighted by molar-refractivity contribution is 7.95. The third-order valence-corrected chi connectivity index (χ3v) is 12.9. The molecule has 0 saturated carbocycles. The second-order valence-corrected chi connectivity index (χ2v) is 14.6. The summed E-state index contributed by atoms with van der Waals surface area (Å²) in [5.41, 5.74) is 1.40. The molecule has 0 bridgehead atoms. The van der Waals surface area contributed by atoms with E-state index in [0.717, 1.165) is 18.4 Å². The van der Waals surface area contributed by atoms with Crippen LogP contribution in [0.3, 0.4) is 0 Å². The number of hydrogen-bond donors (Lipinski definition) is 2. The highest BCUT2D eigenvalue weighted by Crippen LogP contribution is 2.56. The molecule has 0 saturated heterocycles. The minimum Gasteiger partial charge on any atom is -1.00 e. The van der Waals surface area contributed by atoms with Crippen molar-refractivity contribution in [2.45, 2.75) is 64.7 Å². The van der Waals surface area contributed by atoms with Gasteiger partial charge in [0.25, 0.3) is 0 Å². The average Bonchev–Trinajstić information content (AvgIpc) is 3.04. The Hall–Kier alpha value is -3.01. The maximum absolute atomic E-state index is 10.7. The zero-order valence-electron chi connectivity index (χ0n) is 25.8. The van der Waals surface area contributed by atoms with Crippen LogP contribution in [0.4, 0.5) is 0 Å². The molecule has 0 radical (unpaired) electrons. The number of rotatable bonds is 16. The molecule has 0 fully saturated rings. The second kappa shape index (κ2) is 17.3. The topological polar surface area (TPSA) is 58.9 Å². The summed E-state index contributed by atoms with van der Waals surface area (Å²) in [5, 5.41) is 25.6. The van der Waals surface area contributed by atoms with Crippen molar-refractivity contribution >= 4 is 23.2 Å². The average molecular weight is 666 g/mol. The first-order valence-corrected chi connectivity index (χ1v) is 17.2. The van der Waals surface area contributed by atoms with E-state index in [9.17, 15) is 10.2 Å². The van der Waals surface area contributed by atoms with Gasteiger partial charge in [-0.25, -0.2) is 0 Å². The van der Waals surface area contributed by atoms with Crippen molar-refractivity contribution in [3.05, 3.63) is 102 Å². The van der Waals surface area contributed by atoms with Crippen LogP contribution in [0.1, 0.15) is 62.5 Å². The summed E-state index contributed by atoms with van der Waals surface area (Å²) in [5.74, 6) is 0.506. The Labute approximate surface area is 269 Å². The predicted octanol–water partition coefficient (Wildman–Crippen LogP) is 5.08. The van der Waals surface area contributed by atoms with Crippen molar-refractivity contribution < 1.29 is 36.7 Å². The lowest BCUT2D eigenvalue weighted by Crippen LogP contribution is -3.00. The first kappa shape index (κ1) is 34.5.